The predicted molar refractivity (Wildman–Crippen MR) is 105 cm³/mol. The van der Waals surface area contributed by atoms with Gasteiger partial charge in [-0.3, -0.25) is 4.99 Å². The van der Waals surface area contributed by atoms with Gasteiger partial charge in [0, 0.05) is 44.0 Å². The lowest BCUT2D eigenvalue weighted by atomic mass is 10.1. The fourth-order valence-electron chi connectivity index (χ4n) is 2.34. The van der Waals surface area contributed by atoms with Crippen LogP contribution in [0.3, 0.4) is 0 Å². The molecule has 0 spiro atoms. The van der Waals surface area contributed by atoms with E-state index in [9.17, 15) is 0 Å². The van der Waals surface area contributed by atoms with E-state index in [1.165, 1.54) is 4.88 Å². The first-order chi connectivity index (χ1) is 10.2. The minimum atomic E-state index is 0. The zero-order chi connectivity index (χ0) is 15.1. The molecule has 0 aromatic carbocycles. The van der Waals surface area contributed by atoms with Crippen LogP contribution in [0.2, 0.25) is 0 Å². The third kappa shape index (κ3) is 6.39. The normalized spacial score (nSPS) is 21.0. The lowest BCUT2D eigenvalue weighted by Crippen LogP contribution is -2.48. The monoisotopic (exact) mass is 438 g/mol. The highest BCUT2D eigenvalue weighted by molar-refractivity contribution is 14.0. The molecule has 0 radical (unpaired) electrons. The number of hydrogen-bond acceptors (Lipinski definition) is 4. The summed E-state index contributed by atoms with van der Waals surface area (Å²) < 4.78 is 5.74. The second-order valence-corrected chi connectivity index (χ2v) is 6.48. The maximum absolute atomic E-state index is 5.74. The zero-order valence-electron chi connectivity index (χ0n) is 13.5. The van der Waals surface area contributed by atoms with Crippen LogP contribution in [0, 0.1) is 0 Å². The second kappa shape index (κ2) is 10.4. The summed E-state index contributed by atoms with van der Waals surface area (Å²) in [6.45, 7) is 6.69. The number of rotatable bonds is 5. The molecule has 2 rings (SSSR count). The highest BCUT2D eigenvalue weighted by atomic mass is 127. The summed E-state index contributed by atoms with van der Waals surface area (Å²) in [4.78, 5) is 7.97. The number of nitrogens with one attached hydrogen (secondary N) is 2. The largest absolute Gasteiger partial charge is 0.374 e. The molecule has 5 nitrogen and oxygen atoms in total. The molecule has 1 aromatic rings. The van der Waals surface area contributed by atoms with Crippen LogP contribution in [-0.4, -0.2) is 63.8 Å². The Bertz CT molecular complexity index is 441. The van der Waals surface area contributed by atoms with Crippen molar-refractivity contribution in [3.63, 3.8) is 0 Å². The lowest BCUT2D eigenvalue weighted by Gasteiger charge is -2.30. The van der Waals surface area contributed by atoms with E-state index >= 15 is 0 Å². The Kier molecular flexibility index (Phi) is 9.30. The quantitative estimate of drug-likeness (QED) is 0.420. The minimum absolute atomic E-state index is 0. The lowest BCUT2D eigenvalue weighted by molar-refractivity contribution is -0.0161. The SMILES string of the molecule is CN=C(NCC1CN(C)CCO1)NCC(C)c1cccs1.I. The Morgan fingerprint density at radius 3 is 3.00 bits per heavy atom. The van der Waals surface area contributed by atoms with Gasteiger partial charge in [-0.05, 0) is 18.5 Å². The molecule has 2 unspecified atom stereocenters. The van der Waals surface area contributed by atoms with Crippen molar-refractivity contribution in [3.05, 3.63) is 22.4 Å². The minimum Gasteiger partial charge on any atom is -0.374 e. The van der Waals surface area contributed by atoms with Gasteiger partial charge in [-0.25, -0.2) is 0 Å². The van der Waals surface area contributed by atoms with E-state index in [0.29, 0.717) is 5.92 Å². The second-order valence-electron chi connectivity index (χ2n) is 5.51. The van der Waals surface area contributed by atoms with Gasteiger partial charge in [0.05, 0.1) is 12.7 Å². The van der Waals surface area contributed by atoms with E-state index in [0.717, 1.165) is 38.7 Å². The van der Waals surface area contributed by atoms with Gasteiger partial charge in [0.25, 0.3) is 0 Å². The molecule has 2 atom stereocenters. The van der Waals surface area contributed by atoms with Crippen LogP contribution >= 0.6 is 35.3 Å². The van der Waals surface area contributed by atoms with Crippen molar-refractivity contribution < 1.29 is 4.74 Å². The summed E-state index contributed by atoms with van der Waals surface area (Å²) in [5.41, 5.74) is 0. The summed E-state index contributed by atoms with van der Waals surface area (Å²) in [5.74, 6) is 1.33. The topological polar surface area (TPSA) is 48.9 Å². The van der Waals surface area contributed by atoms with Crippen LogP contribution < -0.4 is 10.6 Å². The van der Waals surface area contributed by atoms with Gasteiger partial charge in [-0.2, -0.15) is 0 Å². The third-order valence-electron chi connectivity index (χ3n) is 3.67. The van der Waals surface area contributed by atoms with E-state index in [2.05, 4.69) is 52.0 Å². The Morgan fingerprint density at radius 1 is 1.55 bits per heavy atom. The first kappa shape index (κ1) is 19.7. The summed E-state index contributed by atoms with van der Waals surface area (Å²) in [6, 6.07) is 4.28. The molecule has 1 saturated heterocycles. The molecule has 7 heteroatoms. The third-order valence-corrected chi connectivity index (χ3v) is 4.77. The Balaban J connectivity index is 0.00000242. The number of halogens is 1. The number of hydrogen-bond donors (Lipinski definition) is 2. The van der Waals surface area contributed by atoms with Gasteiger partial charge in [0.2, 0.25) is 0 Å². The standard InChI is InChI=1S/C15H26N4OS.HI/c1-12(14-5-4-8-21-14)9-17-15(16-2)18-10-13-11-19(3)6-7-20-13;/h4-5,8,12-13H,6-7,9-11H2,1-3H3,(H2,16,17,18);1H. The molecule has 0 saturated carbocycles. The fourth-order valence-corrected chi connectivity index (χ4v) is 3.13. The number of morpholine rings is 1. The Hall–Kier alpha value is -0.380. The van der Waals surface area contributed by atoms with Gasteiger partial charge in [-0.15, -0.1) is 35.3 Å². The smallest absolute Gasteiger partial charge is 0.191 e. The molecular formula is C15H27IN4OS. The van der Waals surface area contributed by atoms with E-state index in [-0.39, 0.29) is 30.1 Å². The molecule has 2 heterocycles. The Labute approximate surface area is 154 Å². The molecule has 2 N–H and O–H groups in total. The van der Waals surface area contributed by atoms with Crippen molar-refractivity contribution in [2.75, 3.05) is 46.9 Å². The van der Waals surface area contributed by atoms with Crippen molar-refractivity contribution in [2.24, 2.45) is 4.99 Å². The molecule has 0 bridgehead atoms. The highest BCUT2D eigenvalue weighted by Crippen LogP contribution is 2.19. The maximum atomic E-state index is 5.74. The summed E-state index contributed by atoms with van der Waals surface area (Å²) >= 11 is 1.80. The Morgan fingerprint density at radius 2 is 2.36 bits per heavy atom. The number of aliphatic imine (C=N–C) groups is 1. The van der Waals surface area contributed by atoms with Gasteiger partial charge < -0.3 is 20.3 Å². The number of ether oxygens (including phenoxy) is 1. The summed E-state index contributed by atoms with van der Waals surface area (Å²) in [5, 5.41) is 8.86. The van der Waals surface area contributed by atoms with Crippen LogP contribution in [-0.2, 0) is 4.74 Å². The molecule has 22 heavy (non-hydrogen) atoms. The van der Waals surface area contributed by atoms with Crippen LogP contribution in [0.1, 0.15) is 17.7 Å². The van der Waals surface area contributed by atoms with Crippen LogP contribution in [0.25, 0.3) is 0 Å². The van der Waals surface area contributed by atoms with Crippen molar-refractivity contribution in [1.82, 2.24) is 15.5 Å². The predicted octanol–water partition coefficient (Wildman–Crippen LogP) is 1.97. The van der Waals surface area contributed by atoms with Gasteiger partial charge in [0.1, 0.15) is 0 Å². The number of nitrogens with zero attached hydrogens (tertiary/aromatic N) is 2. The molecule has 1 aliphatic heterocycles. The van der Waals surface area contributed by atoms with E-state index in [1.54, 1.807) is 18.4 Å². The van der Waals surface area contributed by atoms with Crippen LogP contribution in [0.5, 0.6) is 0 Å². The van der Waals surface area contributed by atoms with E-state index in [1.807, 2.05) is 0 Å². The van der Waals surface area contributed by atoms with Crippen molar-refractivity contribution >= 4 is 41.3 Å². The molecular weight excluding hydrogens is 411 g/mol. The first-order valence-electron chi connectivity index (χ1n) is 7.47. The number of likely N-dealkylation sites (N-methyl/N-ethyl adjacent to an activating group) is 1. The van der Waals surface area contributed by atoms with Crippen LogP contribution in [0.4, 0.5) is 0 Å². The molecule has 0 amide bonds. The van der Waals surface area contributed by atoms with Gasteiger partial charge in [0.15, 0.2) is 5.96 Å². The fraction of sp³-hybridized carbons (Fsp3) is 0.667. The molecule has 0 aliphatic carbocycles. The van der Waals surface area contributed by atoms with Gasteiger partial charge in [-0.1, -0.05) is 13.0 Å². The summed E-state index contributed by atoms with van der Waals surface area (Å²) in [7, 11) is 3.93. The molecule has 1 aromatic heterocycles. The van der Waals surface area contributed by atoms with E-state index in [4.69, 9.17) is 4.74 Å². The summed E-state index contributed by atoms with van der Waals surface area (Å²) in [6.07, 6.45) is 0.233. The molecule has 1 aliphatic rings. The number of thiophene rings is 1. The van der Waals surface area contributed by atoms with Gasteiger partial charge >= 0.3 is 0 Å². The van der Waals surface area contributed by atoms with Crippen molar-refractivity contribution in [2.45, 2.75) is 18.9 Å². The average Bonchev–Trinajstić information content (AvgIpc) is 3.01. The zero-order valence-corrected chi connectivity index (χ0v) is 16.7. The van der Waals surface area contributed by atoms with E-state index < -0.39 is 0 Å². The maximum Gasteiger partial charge on any atom is 0.191 e. The van der Waals surface area contributed by atoms with Crippen LogP contribution in [0.15, 0.2) is 22.5 Å². The van der Waals surface area contributed by atoms with Crippen molar-refractivity contribution in [3.8, 4) is 0 Å². The molecule has 1 fully saturated rings. The first-order valence-corrected chi connectivity index (χ1v) is 8.35. The van der Waals surface area contributed by atoms with Crippen molar-refractivity contribution in [1.29, 1.82) is 0 Å². The average molecular weight is 438 g/mol. The molecule has 126 valence electrons. The number of guanidine groups is 1. The highest BCUT2D eigenvalue weighted by Gasteiger charge is 2.17.